The van der Waals surface area contributed by atoms with Gasteiger partial charge in [0.05, 0.1) is 11.8 Å². The van der Waals surface area contributed by atoms with Gasteiger partial charge in [-0.2, -0.15) is 0 Å². The molecule has 0 bridgehead atoms. The Hall–Kier alpha value is -2.70. The zero-order chi connectivity index (χ0) is 21.8. The minimum absolute atomic E-state index is 0.289. The molecule has 0 radical (unpaired) electrons. The second-order valence-corrected chi connectivity index (χ2v) is 8.03. The highest BCUT2D eigenvalue weighted by Gasteiger charge is 2.51. The van der Waals surface area contributed by atoms with E-state index in [1.165, 1.54) is 6.92 Å². The second-order valence-electron chi connectivity index (χ2n) is 8.03. The third-order valence-corrected chi connectivity index (χ3v) is 6.21. The lowest BCUT2D eigenvalue weighted by atomic mass is 9.81. The minimum Gasteiger partial charge on any atom is -0.454 e. The fraction of sp³-hybridized carbons (Fsp3) is 0.565. The van der Waals surface area contributed by atoms with Crippen LogP contribution in [0, 0.1) is 11.8 Å². The van der Waals surface area contributed by atoms with Crippen molar-refractivity contribution in [3.8, 4) is 0 Å². The van der Waals surface area contributed by atoms with E-state index in [1.54, 1.807) is 0 Å². The number of anilines is 1. The van der Waals surface area contributed by atoms with Crippen LogP contribution in [0.3, 0.4) is 0 Å². The normalized spacial score (nSPS) is 21.9. The fourth-order valence-electron chi connectivity index (χ4n) is 4.51. The van der Waals surface area contributed by atoms with Crippen LogP contribution in [0.2, 0.25) is 0 Å². The van der Waals surface area contributed by atoms with Crippen LogP contribution in [0.4, 0.5) is 5.69 Å². The number of esters is 1. The quantitative estimate of drug-likeness (QED) is 0.547. The van der Waals surface area contributed by atoms with Gasteiger partial charge in [-0.1, -0.05) is 44.9 Å². The first-order valence-corrected chi connectivity index (χ1v) is 10.8. The summed E-state index contributed by atoms with van der Waals surface area (Å²) in [6, 6.07) is 4.83. The number of imide groups is 1. The van der Waals surface area contributed by atoms with Crippen LogP contribution in [0.15, 0.2) is 18.2 Å². The molecular formula is C23H30N2O5. The van der Waals surface area contributed by atoms with Crippen molar-refractivity contribution in [3.05, 3.63) is 29.3 Å². The average molecular weight is 415 g/mol. The average Bonchev–Trinajstić information content (AvgIpc) is 3.02. The number of para-hydroxylation sites is 1. The molecule has 2 aliphatic rings. The summed E-state index contributed by atoms with van der Waals surface area (Å²) in [7, 11) is 0. The maximum Gasteiger partial charge on any atom is 0.329 e. The first-order chi connectivity index (χ1) is 14.4. The van der Waals surface area contributed by atoms with Crippen molar-refractivity contribution in [1.82, 2.24) is 4.90 Å². The third kappa shape index (κ3) is 4.25. The van der Waals surface area contributed by atoms with Gasteiger partial charge in [0.1, 0.15) is 6.04 Å². The van der Waals surface area contributed by atoms with Gasteiger partial charge in [0, 0.05) is 5.69 Å². The number of hydrogen-bond donors (Lipinski definition) is 1. The molecule has 2 fully saturated rings. The molecule has 1 aromatic carbocycles. The first kappa shape index (κ1) is 22.0. The number of rotatable bonds is 7. The number of nitrogens with one attached hydrogen (secondary N) is 1. The predicted octanol–water partition coefficient (Wildman–Crippen LogP) is 2.86. The Labute approximate surface area is 177 Å². The van der Waals surface area contributed by atoms with E-state index in [0.717, 1.165) is 47.4 Å². The van der Waals surface area contributed by atoms with E-state index in [2.05, 4.69) is 5.32 Å². The number of nitrogens with zero attached hydrogens (tertiary/aromatic N) is 1. The highest BCUT2D eigenvalue weighted by Crippen LogP contribution is 2.38. The third-order valence-electron chi connectivity index (χ3n) is 6.21. The summed E-state index contributed by atoms with van der Waals surface area (Å²) in [5.41, 5.74) is 2.78. The van der Waals surface area contributed by atoms with Crippen LogP contribution in [-0.4, -0.2) is 41.2 Å². The van der Waals surface area contributed by atoms with Crippen LogP contribution < -0.4 is 5.32 Å². The largest absolute Gasteiger partial charge is 0.454 e. The van der Waals surface area contributed by atoms with Gasteiger partial charge in [-0.05, 0) is 43.7 Å². The van der Waals surface area contributed by atoms with Crippen molar-refractivity contribution >= 4 is 29.4 Å². The summed E-state index contributed by atoms with van der Waals surface area (Å²) < 4.78 is 5.15. The molecule has 1 saturated carbocycles. The molecule has 7 heteroatoms. The lowest BCUT2D eigenvalue weighted by Crippen LogP contribution is -2.45. The zero-order valence-corrected chi connectivity index (χ0v) is 17.9. The van der Waals surface area contributed by atoms with Gasteiger partial charge in [-0.3, -0.25) is 19.3 Å². The van der Waals surface area contributed by atoms with Crippen LogP contribution in [0.25, 0.3) is 0 Å². The van der Waals surface area contributed by atoms with Gasteiger partial charge in [-0.15, -0.1) is 0 Å². The Morgan fingerprint density at radius 1 is 1.07 bits per heavy atom. The number of aryl methyl sites for hydroxylation is 2. The molecule has 1 heterocycles. The number of amides is 3. The Morgan fingerprint density at radius 3 is 2.10 bits per heavy atom. The van der Waals surface area contributed by atoms with E-state index in [0.29, 0.717) is 12.8 Å². The fourth-order valence-corrected chi connectivity index (χ4v) is 4.51. The Bertz CT molecular complexity index is 804. The summed E-state index contributed by atoms with van der Waals surface area (Å²) in [5, 5.41) is 2.84. The maximum atomic E-state index is 12.6. The van der Waals surface area contributed by atoms with Crippen molar-refractivity contribution in [3.63, 3.8) is 0 Å². The van der Waals surface area contributed by atoms with Gasteiger partial charge < -0.3 is 10.1 Å². The van der Waals surface area contributed by atoms with E-state index >= 15 is 0 Å². The SMILES string of the molecule is CCc1cccc(CC)c1NC(=O)COC(=O)[C@H](C)N1C(=O)[C@H]2CCCC[C@H]2C1=O. The first-order valence-electron chi connectivity index (χ1n) is 10.8. The molecule has 3 rings (SSSR count). The molecule has 1 aliphatic carbocycles. The van der Waals surface area contributed by atoms with Crippen LogP contribution >= 0.6 is 0 Å². The molecule has 0 spiro atoms. The number of carbonyl (C=O) groups is 4. The Balaban J connectivity index is 1.60. The van der Waals surface area contributed by atoms with Crippen LogP contribution in [0.5, 0.6) is 0 Å². The number of benzene rings is 1. The summed E-state index contributed by atoms with van der Waals surface area (Å²) in [6.07, 6.45) is 4.75. The molecule has 30 heavy (non-hydrogen) atoms. The monoisotopic (exact) mass is 414 g/mol. The van der Waals surface area contributed by atoms with Crippen LogP contribution in [-0.2, 0) is 36.8 Å². The van der Waals surface area contributed by atoms with Crippen molar-refractivity contribution < 1.29 is 23.9 Å². The molecular weight excluding hydrogens is 384 g/mol. The molecule has 7 nitrogen and oxygen atoms in total. The van der Waals surface area contributed by atoms with Gasteiger partial charge >= 0.3 is 5.97 Å². The number of fused-ring (bicyclic) bond motifs is 1. The topological polar surface area (TPSA) is 92.8 Å². The van der Waals surface area contributed by atoms with Crippen LogP contribution in [0.1, 0.15) is 57.6 Å². The van der Waals surface area contributed by atoms with Crippen molar-refractivity contribution in [2.45, 2.75) is 65.3 Å². The van der Waals surface area contributed by atoms with E-state index in [4.69, 9.17) is 4.74 Å². The lowest BCUT2D eigenvalue weighted by molar-refractivity contribution is -0.159. The van der Waals surface area contributed by atoms with E-state index in [9.17, 15) is 19.2 Å². The number of likely N-dealkylation sites (tertiary alicyclic amines) is 1. The Kier molecular flexibility index (Phi) is 6.90. The highest BCUT2D eigenvalue weighted by atomic mass is 16.5. The number of ether oxygens (including phenoxy) is 1. The molecule has 1 aromatic rings. The van der Waals surface area contributed by atoms with Gasteiger partial charge in [0.15, 0.2) is 6.61 Å². The summed E-state index contributed by atoms with van der Waals surface area (Å²) in [5.74, 6) is -2.40. The van der Waals surface area contributed by atoms with E-state index in [-0.39, 0.29) is 23.7 Å². The smallest absolute Gasteiger partial charge is 0.329 e. The summed E-state index contributed by atoms with van der Waals surface area (Å²) in [4.78, 5) is 51.2. The maximum absolute atomic E-state index is 12.6. The zero-order valence-electron chi connectivity index (χ0n) is 17.9. The molecule has 1 aliphatic heterocycles. The number of hydrogen-bond acceptors (Lipinski definition) is 5. The predicted molar refractivity (Wildman–Crippen MR) is 112 cm³/mol. The number of carbonyl (C=O) groups excluding carboxylic acids is 4. The van der Waals surface area contributed by atoms with Crippen molar-refractivity contribution in [2.75, 3.05) is 11.9 Å². The molecule has 3 atom stereocenters. The van der Waals surface area contributed by atoms with Gasteiger partial charge in [0.2, 0.25) is 11.8 Å². The highest BCUT2D eigenvalue weighted by molar-refractivity contribution is 6.08. The molecule has 0 unspecified atom stereocenters. The molecule has 1 N–H and O–H groups in total. The van der Waals surface area contributed by atoms with E-state index < -0.39 is 24.5 Å². The molecule has 0 aromatic heterocycles. The Morgan fingerprint density at radius 2 is 1.60 bits per heavy atom. The summed E-state index contributed by atoms with van der Waals surface area (Å²) in [6.45, 7) is 5.03. The second kappa shape index (κ2) is 9.41. The van der Waals surface area contributed by atoms with Gasteiger partial charge in [0.25, 0.3) is 5.91 Å². The van der Waals surface area contributed by atoms with E-state index in [1.807, 2.05) is 32.0 Å². The van der Waals surface area contributed by atoms with Gasteiger partial charge in [-0.25, -0.2) is 4.79 Å². The molecule has 3 amide bonds. The lowest BCUT2D eigenvalue weighted by Gasteiger charge is -2.21. The van der Waals surface area contributed by atoms with Crippen molar-refractivity contribution in [1.29, 1.82) is 0 Å². The standard InChI is InChI=1S/C23H30N2O5/c1-4-15-9-8-10-16(5-2)20(15)24-19(26)13-30-23(29)14(3)25-21(27)17-11-6-7-12-18(17)22(25)28/h8-10,14,17-18H,4-7,11-13H2,1-3H3,(H,24,26)/t14-,17-,18+/m0/s1. The minimum atomic E-state index is -1.03. The summed E-state index contributed by atoms with van der Waals surface area (Å²) >= 11 is 0. The molecule has 162 valence electrons. The van der Waals surface area contributed by atoms with Crippen molar-refractivity contribution in [2.24, 2.45) is 11.8 Å². The molecule has 1 saturated heterocycles.